The molecule has 54 valence electrons. The molecule has 0 aromatic carbocycles. The van der Waals surface area contributed by atoms with Crippen LogP contribution in [0.2, 0.25) is 0 Å². The van der Waals surface area contributed by atoms with Crippen LogP contribution in [0.15, 0.2) is 6.33 Å². The summed E-state index contributed by atoms with van der Waals surface area (Å²) in [6.07, 6.45) is 1.27. The second-order valence-electron chi connectivity index (χ2n) is 1.71. The van der Waals surface area contributed by atoms with Crippen molar-refractivity contribution in [2.24, 2.45) is 5.73 Å². The van der Waals surface area contributed by atoms with Crippen molar-refractivity contribution in [1.82, 2.24) is 20.2 Å². The normalized spacial score (nSPS) is 9.70. The van der Waals surface area contributed by atoms with E-state index >= 15 is 0 Å². The van der Waals surface area contributed by atoms with E-state index in [9.17, 15) is 4.79 Å². The highest BCUT2D eigenvalue weighted by molar-refractivity contribution is 5.79. The highest BCUT2D eigenvalue weighted by Gasteiger charge is 1.99. The molecule has 1 aromatic heterocycles. The van der Waals surface area contributed by atoms with Crippen LogP contribution in [0, 0.1) is 0 Å². The van der Waals surface area contributed by atoms with Crippen LogP contribution >= 0.6 is 0 Å². The van der Waals surface area contributed by atoms with Gasteiger partial charge in [0.15, 0.2) is 12.1 Å². The van der Waals surface area contributed by atoms with Gasteiger partial charge in [-0.2, -0.15) is 4.80 Å². The number of aromatic nitrogens is 4. The van der Waals surface area contributed by atoms with Gasteiger partial charge in [-0.1, -0.05) is 0 Å². The number of nitrogens with zero attached hydrogens (tertiary/aromatic N) is 4. The third-order valence-electron chi connectivity index (χ3n) is 0.937. The molecular weight excluding hydrogens is 134 g/mol. The zero-order valence-electron chi connectivity index (χ0n) is 5.27. The maximum Gasteiger partial charge on any atom is 0.169 e. The van der Waals surface area contributed by atoms with E-state index in [1.54, 1.807) is 0 Å². The maximum atomic E-state index is 10.6. The maximum absolute atomic E-state index is 10.6. The Morgan fingerprint density at radius 1 is 1.70 bits per heavy atom. The van der Waals surface area contributed by atoms with E-state index in [0.717, 1.165) is 0 Å². The summed E-state index contributed by atoms with van der Waals surface area (Å²) >= 11 is 0. The van der Waals surface area contributed by atoms with Crippen LogP contribution in [0.25, 0.3) is 0 Å². The molecule has 0 fully saturated rings. The van der Waals surface area contributed by atoms with Crippen molar-refractivity contribution in [1.29, 1.82) is 0 Å². The molecule has 2 N–H and O–H groups in total. The number of hydrogen-bond donors (Lipinski definition) is 1. The van der Waals surface area contributed by atoms with E-state index in [1.165, 1.54) is 11.1 Å². The number of rotatable bonds is 3. The number of hydrogen-bond acceptors (Lipinski definition) is 5. The lowest BCUT2D eigenvalue weighted by molar-refractivity contribution is -0.118. The Bertz CT molecular complexity index is 205. The highest BCUT2D eigenvalue weighted by Crippen LogP contribution is 1.75. The smallest absolute Gasteiger partial charge is 0.169 e. The summed E-state index contributed by atoms with van der Waals surface area (Å²) in [7, 11) is 0. The monoisotopic (exact) mass is 141 g/mol. The van der Waals surface area contributed by atoms with Crippen LogP contribution in [0.1, 0.15) is 0 Å². The zero-order chi connectivity index (χ0) is 7.40. The Morgan fingerprint density at radius 2 is 2.50 bits per heavy atom. The van der Waals surface area contributed by atoms with Gasteiger partial charge in [-0.25, -0.2) is 0 Å². The number of nitrogens with two attached hydrogens (primary N) is 1. The van der Waals surface area contributed by atoms with Gasteiger partial charge in [0.1, 0.15) is 6.54 Å². The minimum Gasteiger partial charge on any atom is -0.324 e. The molecule has 0 atom stereocenters. The van der Waals surface area contributed by atoms with E-state index in [-0.39, 0.29) is 18.9 Å². The van der Waals surface area contributed by atoms with Crippen molar-refractivity contribution in [2.45, 2.75) is 6.54 Å². The van der Waals surface area contributed by atoms with Gasteiger partial charge in [-0.05, 0) is 5.21 Å². The van der Waals surface area contributed by atoms with Crippen LogP contribution in [-0.2, 0) is 11.3 Å². The van der Waals surface area contributed by atoms with Gasteiger partial charge < -0.3 is 5.73 Å². The molecule has 0 aliphatic rings. The molecule has 0 amide bonds. The van der Waals surface area contributed by atoms with Gasteiger partial charge >= 0.3 is 0 Å². The Labute approximate surface area is 57.0 Å². The Hall–Kier alpha value is -1.30. The third-order valence-corrected chi connectivity index (χ3v) is 0.937. The number of ketones is 1. The molecule has 0 spiro atoms. The van der Waals surface area contributed by atoms with Crippen molar-refractivity contribution in [3.63, 3.8) is 0 Å². The van der Waals surface area contributed by atoms with Crippen LogP contribution in [-0.4, -0.2) is 32.5 Å². The van der Waals surface area contributed by atoms with Crippen molar-refractivity contribution < 1.29 is 4.79 Å². The molecule has 1 rings (SSSR count). The molecule has 0 saturated carbocycles. The van der Waals surface area contributed by atoms with E-state index in [2.05, 4.69) is 15.4 Å². The SMILES string of the molecule is NCC(=O)Cn1ncnn1. The van der Waals surface area contributed by atoms with Gasteiger partial charge in [0, 0.05) is 0 Å². The lowest BCUT2D eigenvalue weighted by Crippen LogP contribution is -2.20. The second kappa shape index (κ2) is 3.02. The molecule has 6 heteroatoms. The lowest BCUT2D eigenvalue weighted by atomic mass is 10.4. The van der Waals surface area contributed by atoms with Gasteiger partial charge in [0.2, 0.25) is 0 Å². The van der Waals surface area contributed by atoms with Crippen LogP contribution in [0.3, 0.4) is 0 Å². The molecule has 0 bridgehead atoms. The fourth-order valence-corrected chi connectivity index (χ4v) is 0.483. The zero-order valence-corrected chi connectivity index (χ0v) is 5.27. The summed E-state index contributed by atoms with van der Waals surface area (Å²) in [4.78, 5) is 11.8. The summed E-state index contributed by atoms with van der Waals surface area (Å²) in [5.74, 6) is -0.113. The van der Waals surface area contributed by atoms with Gasteiger partial charge in [-0.15, -0.1) is 10.2 Å². The molecular formula is C4H7N5O. The second-order valence-corrected chi connectivity index (χ2v) is 1.71. The van der Waals surface area contributed by atoms with Crippen LogP contribution in [0.5, 0.6) is 0 Å². The Morgan fingerprint density at radius 3 is 3.00 bits per heavy atom. The predicted octanol–water partition coefficient (Wildman–Crippen LogP) is -1.80. The predicted molar refractivity (Wildman–Crippen MR) is 31.9 cm³/mol. The molecule has 0 radical (unpaired) electrons. The Balaban J connectivity index is 2.48. The first-order valence-corrected chi connectivity index (χ1v) is 2.75. The van der Waals surface area contributed by atoms with Crippen molar-refractivity contribution >= 4 is 5.78 Å². The number of Topliss-reactive ketones (excluding diaryl/α,β-unsaturated/α-hetero) is 1. The molecule has 0 aliphatic heterocycles. The van der Waals surface area contributed by atoms with Crippen LogP contribution in [0.4, 0.5) is 0 Å². The standard InChI is InChI=1S/C4H7N5O/c5-1-4(10)2-9-7-3-6-8-9/h3H,1-2,5H2. The van der Waals surface area contributed by atoms with E-state index in [0.29, 0.717) is 0 Å². The van der Waals surface area contributed by atoms with Crippen molar-refractivity contribution in [2.75, 3.05) is 6.54 Å². The fourth-order valence-electron chi connectivity index (χ4n) is 0.483. The molecule has 1 aromatic rings. The molecule has 0 unspecified atom stereocenters. The molecule has 0 aliphatic carbocycles. The molecule has 10 heavy (non-hydrogen) atoms. The number of carbonyl (C=O) groups excluding carboxylic acids is 1. The first-order valence-electron chi connectivity index (χ1n) is 2.75. The first kappa shape index (κ1) is 6.81. The fraction of sp³-hybridized carbons (Fsp3) is 0.500. The summed E-state index contributed by atoms with van der Waals surface area (Å²) in [6, 6.07) is 0. The summed E-state index contributed by atoms with van der Waals surface area (Å²) in [5, 5.41) is 10.5. The van der Waals surface area contributed by atoms with Crippen molar-refractivity contribution in [3.05, 3.63) is 6.33 Å². The molecule has 1 heterocycles. The number of tetrazole rings is 1. The summed E-state index contributed by atoms with van der Waals surface area (Å²) < 4.78 is 0. The van der Waals surface area contributed by atoms with E-state index in [1.807, 2.05) is 0 Å². The van der Waals surface area contributed by atoms with Crippen LogP contribution < -0.4 is 5.73 Å². The van der Waals surface area contributed by atoms with E-state index < -0.39 is 0 Å². The van der Waals surface area contributed by atoms with Gasteiger partial charge in [0.05, 0.1) is 6.54 Å². The van der Waals surface area contributed by atoms with Gasteiger partial charge in [0.25, 0.3) is 0 Å². The average Bonchev–Trinajstić information content (AvgIpc) is 2.40. The first-order chi connectivity index (χ1) is 4.83. The minimum absolute atomic E-state index is 0.0154. The average molecular weight is 141 g/mol. The molecule has 0 saturated heterocycles. The lowest BCUT2D eigenvalue weighted by Gasteiger charge is -1.92. The quantitative estimate of drug-likeness (QED) is 0.536. The third kappa shape index (κ3) is 1.59. The topological polar surface area (TPSA) is 86.7 Å². The number of carbonyl (C=O) groups is 1. The largest absolute Gasteiger partial charge is 0.324 e. The van der Waals surface area contributed by atoms with E-state index in [4.69, 9.17) is 5.73 Å². The summed E-state index contributed by atoms with van der Waals surface area (Å²) in [6.45, 7) is 0.123. The van der Waals surface area contributed by atoms with Gasteiger partial charge in [-0.3, -0.25) is 4.79 Å². The van der Waals surface area contributed by atoms with Crippen molar-refractivity contribution in [3.8, 4) is 0 Å². The highest BCUT2D eigenvalue weighted by atomic mass is 16.1. The molecule has 6 nitrogen and oxygen atoms in total. The summed E-state index contributed by atoms with van der Waals surface area (Å²) in [5.41, 5.74) is 5.05. The Kier molecular flexibility index (Phi) is 2.06. The minimum atomic E-state index is -0.113.